The van der Waals surface area contributed by atoms with Crippen LogP contribution in [0.3, 0.4) is 0 Å². The van der Waals surface area contributed by atoms with Crippen molar-refractivity contribution in [3.63, 3.8) is 0 Å². The Labute approximate surface area is 313 Å². The number of rotatable bonds is 16. The number of carbonyl (C=O) groups is 4. The zero-order valence-corrected chi connectivity index (χ0v) is 31.1. The summed E-state index contributed by atoms with van der Waals surface area (Å²) in [5.74, 6) is -0.637. The predicted octanol–water partition coefficient (Wildman–Crippen LogP) is 4.82. The number of piperidine rings is 1. The predicted molar refractivity (Wildman–Crippen MR) is 201 cm³/mol. The quantitative estimate of drug-likeness (QED) is 0.105. The molecule has 0 bridgehead atoms. The number of imide groups is 2. The van der Waals surface area contributed by atoms with Gasteiger partial charge in [0.15, 0.2) is 0 Å². The van der Waals surface area contributed by atoms with Gasteiger partial charge in [-0.25, -0.2) is 18.4 Å². The standard InChI is InChI=1S/C39H42N6O8S/c1-39(2,26-9-14-30(15-10-26)53-24-28-19-21-41-38(42-28)44-54(3,50)51)25-7-12-29(13-8-25)52-22-6-4-5-20-40-27-11-16-31-32(23-27)37(49)45(36(31)48)33-17-18-34(46)43-35(33)47/h7-16,19,21,23,33,40H,4-6,17-18,20,22,24H2,1-3H3,(H,41,42,44)(H,43,46,47). The molecule has 54 heavy (non-hydrogen) atoms. The van der Waals surface area contributed by atoms with Crippen molar-refractivity contribution >= 4 is 45.3 Å². The zero-order chi connectivity index (χ0) is 38.5. The van der Waals surface area contributed by atoms with Crippen LogP contribution in [0.25, 0.3) is 0 Å². The third-order valence-corrected chi connectivity index (χ3v) is 9.94. The second-order valence-electron chi connectivity index (χ2n) is 13.8. The summed E-state index contributed by atoms with van der Waals surface area (Å²) in [6, 6.07) is 21.6. The summed E-state index contributed by atoms with van der Waals surface area (Å²) in [5, 5.41) is 5.52. The number of sulfonamides is 1. The van der Waals surface area contributed by atoms with Crippen LogP contribution in [-0.4, -0.2) is 72.4 Å². The first-order chi connectivity index (χ1) is 25.8. The van der Waals surface area contributed by atoms with E-state index in [1.54, 1.807) is 24.3 Å². The number of fused-ring (bicyclic) bond motifs is 1. The lowest BCUT2D eigenvalue weighted by Gasteiger charge is -2.27. The number of hydrogen-bond donors (Lipinski definition) is 3. The van der Waals surface area contributed by atoms with E-state index in [1.807, 2.05) is 36.4 Å². The highest BCUT2D eigenvalue weighted by molar-refractivity contribution is 7.92. The molecule has 3 N–H and O–H groups in total. The third kappa shape index (κ3) is 9.02. The van der Waals surface area contributed by atoms with Crippen molar-refractivity contribution in [1.29, 1.82) is 0 Å². The smallest absolute Gasteiger partial charge is 0.262 e. The number of ether oxygens (including phenoxy) is 2. The molecule has 1 fully saturated rings. The van der Waals surface area contributed by atoms with Crippen LogP contribution in [0, 0.1) is 0 Å². The van der Waals surface area contributed by atoms with E-state index in [-0.39, 0.29) is 41.9 Å². The summed E-state index contributed by atoms with van der Waals surface area (Å²) in [6.45, 7) is 5.70. The number of nitrogens with one attached hydrogen (secondary N) is 3. The monoisotopic (exact) mass is 754 g/mol. The van der Waals surface area contributed by atoms with Gasteiger partial charge in [-0.15, -0.1) is 0 Å². The number of amides is 4. The minimum Gasteiger partial charge on any atom is -0.494 e. The lowest BCUT2D eigenvalue weighted by atomic mass is 9.78. The molecule has 282 valence electrons. The van der Waals surface area contributed by atoms with Crippen molar-refractivity contribution in [2.24, 2.45) is 0 Å². The summed E-state index contributed by atoms with van der Waals surface area (Å²) in [5.41, 5.74) is 3.70. The van der Waals surface area contributed by atoms with Gasteiger partial charge in [0.05, 0.1) is 29.7 Å². The molecule has 3 heterocycles. The minimum absolute atomic E-state index is 0.00420. The number of nitrogens with zero attached hydrogens (tertiary/aromatic N) is 3. The average Bonchev–Trinajstić information content (AvgIpc) is 3.38. The van der Waals surface area contributed by atoms with Crippen LogP contribution in [0.4, 0.5) is 11.6 Å². The fourth-order valence-corrected chi connectivity index (χ4v) is 6.79. The van der Waals surface area contributed by atoms with Gasteiger partial charge >= 0.3 is 0 Å². The molecular weight excluding hydrogens is 713 g/mol. The second-order valence-corrected chi connectivity index (χ2v) is 15.5. The number of aromatic nitrogens is 2. The van der Waals surface area contributed by atoms with Gasteiger partial charge in [0.2, 0.25) is 27.8 Å². The van der Waals surface area contributed by atoms with Crippen LogP contribution < -0.4 is 24.8 Å². The summed E-state index contributed by atoms with van der Waals surface area (Å²) < 4.78 is 37.1. The van der Waals surface area contributed by atoms with Crippen molar-refractivity contribution in [3.05, 3.63) is 107 Å². The SMILES string of the molecule is CC(C)(c1ccc(OCCCCCNc2ccc3c(c2)C(=O)N(C2CCC(=O)NC2=O)C3=O)cc1)c1ccc(OCc2ccnc(NS(C)(=O)=O)n2)cc1. The Morgan fingerprint density at radius 3 is 2.19 bits per heavy atom. The Morgan fingerprint density at radius 1 is 0.852 bits per heavy atom. The molecule has 1 atom stereocenters. The first-order valence-corrected chi connectivity index (χ1v) is 19.5. The van der Waals surface area contributed by atoms with Crippen LogP contribution in [0.5, 0.6) is 11.5 Å². The topological polar surface area (TPSA) is 186 Å². The molecular formula is C39H42N6O8S. The van der Waals surface area contributed by atoms with Crippen LogP contribution in [0.1, 0.15) is 83.5 Å². The Morgan fingerprint density at radius 2 is 1.52 bits per heavy atom. The van der Waals surface area contributed by atoms with E-state index < -0.39 is 39.7 Å². The lowest BCUT2D eigenvalue weighted by Crippen LogP contribution is -2.54. The fourth-order valence-electron chi connectivity index (χ4n) is 6.36. The maximum Gasteiger partial charge on any atom is 0.262 e. The van der Waals surface area contributed by atoms with Gasteiger partial charge in [0, 0.05) is 30.3 Å². The summed E-state index contributed by atoms with van der Waals surface area (Å²) in [4.78, 5) is 58.8. The van der Waals surface area contributed by atoms with Gasteiger partial charge in [0.1, 0.15) is 24.1 Å². The lowest BCUT2D eigenvalue weighted by molar-refractivity contribution is -0.136. The first-order valence-electron chi connectivity index (χ1n) is 17.6. The maximum absolute atomic E-state index is 13.1. The third-order valence-electron chi connectivity index (χ3n) is 9.39. The molecule has 1 saturated heterocycles. The highest BCUT2D eigenvalue weighted by atomic mass is 32.2. The van der Waals surface area contributed by atoms with Crippen LogP contribution in [-0.2, 0) is 31.6 Å². The molecule has 0 spiro atoms. The molecule has 6 rings (SSSR count). The maximum atomic E-state index is 13.1. The molecule has 15 heteroatoms. The van der Waals surface area contributed by atoms with Gasteiger partial charge in [-0.05, 0) is 85.3 Å². The fraction of sp³-hybridized carbons (Fsp3) is 0.333. The summed E-state index contributed by atoms with van der Waals surface area (Å²) in [6.07, 6.45) is 5.36. The molecule has 0 radical (unpaired) electrons. The van der Waals surface area contributed by atoms with Gasteiger partial charge < -0.3 is 14.8 Å². The van der Waals surface area contributed by atoms with Gasteiger partial charge in [-0.2, -0.15) is 0 Å². The van der Waals surface area contributed by atoms with Crippen molar-refractivity contribution in [3.8, 4) is 11.5 Å². The molecule has 2 aliphatic heterocycles. The van der Waals surface area contributed by atoms with Crippen molar-refractivity contribution < 1.29 is 37.1 Å². The zero-order valence-electron chi connectivity index (χ0n) is 30.3. The van der Waals surface area contributed by atoms with E-state index in [9.17, 15) is 27.6 Å². The number of carbonyl (C=O) groups excluding carboxylic acids is 4. The van der Waals surface area contributed by atoms with Crippen molar-refractivity contribution in [2.75, 3.05) is 29.4 Å². The Balaban J connectivity index is 0.911. The molecule has 0 saturated carbocycles. The van der Waals surface area contributed by atoms with Gasteiger partial charge in [-0.3, -0.25) is 34.1 Å². The Kier molecular flexibility index (Phi) is 11.3. The molecule has 4 aromatic rings. The van der Waals surface area contributed by atoms with E-state index in [0.717, 1.165) is 47.3 Å². The molecule has 0 aliphatic carbocycles. The number of hydrogen-bond acceptors (Lipinski definition) is 11. The van der Waals surface area contributed by atoms with Crippen LogP contribution >= 0.6 is 0 Å². The van der Waals surface area contributed by atoms with E-state index in [4.69, 9.17) is 9.47 Å². The van der Waals surface area contributed by atoms with Crippen LogP contribution in [0.2, 0.25) is 0 Å². The molecule has 4 amide bonds. The van der Waals surface area contributed by atoms with Crippen LogP contribution in [0.15, 0.2) is 79.0 Å². The number of benzene rings is 3. The van der Waals surface area contributed by atoms with Crippen molar-refractivity contribution in [1.82, 2.24) is 20.2 Å². The van der Waals surface area contributed by atoms with E-state index in [0.29, 0.717) is 30.3 Å². The number of anilines is 2. The normalized spacial score (nSPS) is 15.8. The Bertz CT molecular complexity index is 2160. The highest BCUT2D eigenvalue weighted by Crippen LogP contribution is 2.34. The highest BCUT2D eigenvalue weighted by Gasteiger charge is 2.44. The van der Waals surface area contributed by atoms with Crippen molar-refractivity contribution in [2.45, 2.75) is 64.0 Å². The molecule has 14 nitrogen and oxygen atoms in total. The molecule has 2 aliphatic rings. The van der Waals surface area contributed by atoms with Gasteiger partial charge in [0.25, 0.3) is 11.8 Å². The minimum atomic E-state index is -3.48. The van der Waals surface area contributed by atoms with E-state index in [1.165, 1.54) is 6.20 Å². The number of unbranched alkanes of at least 4 members (excludes halogenated alkanes) is 2. The molecule has 3 aromatic carbocycles. The second kappa shape index (κ2) is 16.0. The largest absolute Gasteiger partial charge is 0.494 e. The molecule has 1 aromatic heterocycles. The summed E-state index contributed by atoms with van der Waals surface area (Å²) >= 11 is 0. The van der Waals surface area contributed by atoms with E-state index in [2.05, 4.69) is 51.3 Å². The van der Waals surface area contributed by atoms with E-state index >= 15 is 0 Å². The van der Waals surface area contributed by atoms with Gasteiger partial charge in [-0.1, -0.05) is 38.1 Å². The average molecular weight is 755 g/mol. The molecule has 1 unspecified atom stereocenters. The summed E-state index contributed by atoms with van der Waals surface area (Å²) in [7, 11) is -3.48. The Hall–Kier alpha value is -5.83. The first kappa shape index (κ1) is 37.9.